The fourth-order valence-electron chi connectivity index (χ4n) is 1.09. The Hall–Kier alpha value is -1.27. The number of hydrogen-bond acceptors (Lipinski definition) is 3. The highest BCUT2D eigenvalue weighted by molar-refractivity contribution is 14.1. The number of pyridine rings is 1. The summed E-state index contributed by atoms with van der Waals surface area (Å²) in [6, 6.07) is -0.112. The molecule has 0 bridgehead atoms. The second-order valence-corrected chi connectivity index (χ2v) is 4.05. The molecule has 0 aliphatic heterocycles. The molecule has 1 rings (SSSR count). The lowest BCUT2D eigenvalue weighted by Crippen LogP contribution is -2.21. The van der Waals surface area contributed by atoms with E-state index in [1.165, 1.54) is 0 Å². The van der Waals surface area contributed by atoms with Crippen molar-refractivity contribution in [3.05, 3.63) is 20.9 Å². The topological polar surface area (TPSA) is 59.4 Å². The van der Waals surface area contributed by atoms with Crippen molar-refractivity contribution in [1.82, 2.24) is 4.98 Å². The summed E-state index contributed by atoms with van der Waals surface area (Å²) in [6.45, 7) is 0. The summed E-state index contributed by atoms with van der Waals surface area (Å²) in [5.74, 6) is -3.34. The van der Waals surface area contributed by atoms with Gasteiger partial charge in [0.05, 0.1) is 5.56 Å². The average Bonchev–Trinajstić information content (AvgIpc) is 2.11. The Labute approximate surface area is 114 Å². The summed E-state index contributed by atoms with van der Waals surface area (Å²) >= 11 is 1.08. The van der Waals surface area contributed by atoms with E-state index in [0.717, 1.165) is 22.6 Å². The van der Waals surface area contributed by atoms with Gasteiger partial charge in [-0.1, -0.05) is 0 Å². The van der Waals surface area contributed by atoms with E-state index >= 15 is 0 Å². The Morgan fingerprint density at radius 3 is 2.16 bits per heavy atom. The molecule has 1 aromatic heterocycles. The first-order valence-electron chi connectivity index (χ1n) is 4.18. The van der Waals surface area contributed by atoms with Crippen LogP contribution in [-0.4, -0.2) is 22.4 Å². The second kappa shape index (κ2) is 5.02. The molecular formula is C8H2F6INO3. The Balaban J connectivity index is 3.44. The summed E-state index contributed by atoms with van der Waals surface area (Å²) in [5, 5.41) is 8.63. The van der Waals surface area contributed by atoms with Crippen LogP contribution in [0.4, 0.5) is 26.3 Å². The van der Waals surface area contributed by atoms with E-state index in [0.29, 0.717) is 0 Å². The number of ether oxygens (including phenoxy) is 1. The van der Waals surface area contributed by atoms with Gasteiger partial charge in [-0.25, -0.2) is 9.78 Å². The molecule has 19 heavy (non-hydrogen) atoms. The number of aromatic nitrogens is 1. The van der Waals surface area contributed by atoms with Crippen molar-refractivity contribution in [2.45, 2.75) is 12.5 Å². The van der Waals surface area contributed by atoms with Crippen LogP contribution in [0.5, 0.6) is 5.88 Å². The molecule has 0 unspecified atom stereocenters. The van der Waals surface area contributed by atoms with Crippen LogP contribution in [-0.2, 0) is 6.18 Å². The van der Waals surface area contributed by atoms with Gasteiger partial charge in [0.2, 0.25) is 5.88 Å². The van der Waals surface area contributed by atoms with Crippen molar-refractivity contribution in [1.29, 1.82) is 0 Å². The van der Waals surface area contributed by atoms with Gasteiger partial charge >= 0.3 is 18.5 Å². The number of carbonyl (C=O) groups is 1. The maximum atomic E-state index is 12.6. The SMILES string of the molecule is O=C(O)c1c(C(F)(F)F)cc(OC(F)(F)F)nc1I. The number of aromatic carboxylic acids is 1. The van der Waals surface area contributed by atoms with Gasteiger partial charge < -0.3 is 9.84 Å². The molecule has 4 nitrogen and oxygen atoms in total. The molecule has 0 saturated heterocycles. The minimum absolute atomic E-state index is 0.112. The van der Waals surface area contributed by atoms with Gasteiger partial charge in [0.25, 0.3) is 0 Å². The number of alkyl halides is 6. The van der Waals surface area contributed by atoms with Gasteiger partial charge in [-0.2, -0.15) is 13.2 Å². The van der Waals surface area contributed by atoms with Crippen LogP contribution in [0.1, 0.15) is 15.9 Å². The molecule has 1 N–H and O–H groups in total. The molecule has 0 spiro atoms. The molecule has 1 heterocycles. The third-order valence-electron chi connectivity index (χ3n) is 1.69. The zero-order valence-corrected chi connectivity index (χ0v) is 10.6. The first kappa shape index (κ1) is 15.8. The van der Waals surface area contributed by atoms with E-state index in [1.54, 1.807) is 0 Å². The highest BCUT2D eigenvalue weighted by atomic mass is 127. The van der Waals surface area contributed by atoms with Crippen LogP contribution < -0.4 is 4.74 Å². The van der Waals surface area contributed by atoms with Crippen molar-refractivity contribution in [2.75, 3.05) is 0 Å². The lowest BCUT2D eigenvalue weighted by Gasteiger charge is -2.14. The molecule has 1 aromatic rings. The molecule has 0 radical (unpaired) electrons. The molecule has 0 aromatic carbocycles. The number of halogens is 7. The largest absolute Gasteiger partial charge is 0.574 e. The summed E-state index contributed by atoms with van der Waals surface area (Å²) in [4.78, 5) is 13.7. The van der Waals surface area contributed by atoms with Crippen LogP contribution in [0.3, 0.4) is 0 Å². The fraction of sp³-hybridized carbons (Fsp3) is 0.250. The Morgan fingerprint density at radius 1 is 1.26 bits per heavy atom. The maximum Gasteiger partial charge on any atom is 0.574 e. The van der Waals surface area contributed by atoms with Crippen LogP contribution in [0.2, 0.25) is 0 Å². The van der Waals surface area contributed by atoms with Crippen molar-refractivity contribution in [3.8, 4) is 5.88 Å². The van der Waals surface area contributed by atoms with E-state index in [2.05, 4.69) is 9.72 Å². The number of hydrogen-bond donors (Lipinski definition) is 1. The average molecular weight is 401 g/mol. The minimum Gasteiger partial charge on any atom is -0.478 e. The standard InChI is InChI=1S/C8H2F6INO3/c9-7(10,11)2-1-3(19-8(12,13)14)16-5(15)4(2)6(17)18/h1H,(H,17,18). The molecule has 0 fully saturated rings. The minimum atomic E-state index is -5.23. The Bertz CT molecular complexity index is 512. The monoisotopic (exact) mass is 401 g/mol. The Morgan fingerprint density at radius 2 is 1.79 bits per heavy atom. The lowest BCUT2D eigenvalue weighted by atomic mass is 10.1. The van der Waals surface area contributed by atoms with Crippen molar-refractivity contribution in [2.24, 2.45) is 0 Å². The number of rotatable bonds is 2. The molecule has 0 aliphatic rings. The molecule has 0 saturated carbocycles. The summed E-state index contributed by atoms with van der Waals surface area (Å²) in [7, 11) is 0. The zero-order valence-electron chi connectivity index (χ0n) is 8.43. The van der Waals surface area contributed by atoms with Gasteiger partial charge in [0.15, 0.2) is 0 Å². The molecule has 0 aliphatic carbocycles. The summed E-state index contributed by atoms with van der Waals surface area (Å²) < 4.78 is 75.9. The van der Waals surface area contributed by atoms with E-state index in [4.69, 9.17) is 5.11 Å². The number of nitrogens with zero attached hydrogens (tertiary/aromatic N) is 1. The van der Waals surface area contributed by atoms with Crippen molar-refractivity contribution >= 4 is 28.6 Å². The van der Waals surface area contributed by atoms with Crippen molar-refractivity contribution in [3.63, 3.8) is 0 Å². The lowest BCUT2D eigenvalue weighted by molar-refractivity contribution is -0.276. The van der Waals surface area contributed by atoms with Gasteiger partial charge in [0.1, 0.15) is 9.26 Å². The van der Waals surface area contributed by atoms with Crippen LogP contribution in [0.25, 0.3) is 0 Å². The summed E-state index contributed by atoms with van der Waals surface area (Å²) in [5.41, 5.74) is -3.00. The molecule has 0 amide bonds. The van der Waals surface area contributed by atoms with Crippen molar-refractivity contribution < 1.29 is 41.0 Å². The van der Waals surface area contributed by atoms with Crippen LogP contribution >= 0.6 is 22.6 Å². The first-order chi connectivity index (χ1) is 8.42. The van der Waals surface area contributed by atoms with Gasteiger partial charge in [-0.3, -0.25) is 0 Å². The van der Waals surface area contributed by atoms with E-state index < -0.39 is 39.2 Å². The van der Waals surface area contributed by atoms with E-state index in [-0.39, 0.29) is 6.07 Å². The smallest absolute Gasteiger partial charge is 0.478 e. The molecule has 11 heteroatoms. The maximum absolute atomic E-state index is 12.6. The predicted molar refractivity (Wildman–Crippen MR) is 55.6 cm³/mol. The fourth-order valence-corrected chi connectivity index (χ4v) is 1.85. The number of carboxylic acids is 1. The molecular weight excluding hydrogens is 399 g/mol. The van der Waals surface area contributed by atoms with Gasteiger partial charge in [0, 0.05) is 6.07 Å². The second-order valence-electron chi connectivity index (χ2n) is 3.02. The quantitative estimate of drug-likeness (QED) is 0.470. The number of carboxylic acid groups (broad SMARTS) is 1. The zero-order chi connectivity index (χ0) is 15.0. The van der Waals surface area contributed by atoms with Crippen LogP contribution in [0, 0.1) is 3.70 Å². The van der Waals surface area contributed by atoms with E-state index in [1.807, 2.05) is 0 Å². The van der Waals surface area contributed by atoms with Crippen LogP contribution in [0.15, 0.2) is 6.07 Å². The normalized spacial score (nSPS) is 12.4. The highest BCUT2D eigenvalue weighted by Gasteiger charge is 2.39. The Kier molecular flexibility index (Phi) is 4.17. The third kappa shape index (κ3) is 4.11. The third-order valence-corrected chi connectivity index (χ3v) is 2.47. The van der Waals surface area contributed by atoms with Gasteiger partial charge in [-0.15, -0.1) is 13.2 Å². The predicted octanol–water partition coefficient (Wildman–Crippen LogP) is 3.30. The first-order valence-corrected chi connectivity index (χ1v) is 5.26. The molecule has 0 atom stereocenters. The highest BCUT2D eigenvalue weighted by Crippen LogP contribution is 2.36. The van der Waals surface area contributed by atoms with Gasteiger partial charge in [-0.05, 0) is 22.6 Å². The van der Waals surface area contributed by atoms with E-state index in [9.17, 15) is 31.1 Å². The summed E-state index contributed by atoms with van der Waals surface area (Å²) in [6.07, 6.45) is -10.4. The molecule has 106 valence electrons.